The fourth-order valence-corrected chi connectivity index (χ4v) is 2.58. The van der Waals surface area contributed by atoms with E-state index < -0.39 is 0 Å². The Morgan fingerprint density at radius 3 is 2.68 bits per heavy atom. The van der Waals surface area contributed by atoms with Crippen LogP contribution in [0.3, 0.4) is 0 Å². The van der Waals surface area contributed by atoms with E-state index in [-0.39, 0.29) is 12.2 Å². The number of aromatic nitrogens is 5. The Morgan fingerprint density at radius 1 is 1.26 bits per heavy atom. The highest BCUT2D eigenvalue weighted by atomic mass is 16.5. The molecule has 0 aromatic carbocycles. The fourth-order valence-electron chi connectivity index (χ4n) is 2.58. The molecule has 3 heterocycles. The standard InChI is InChI=1S/C12H18N6O/c1-4-18-12-10(15-16-18)11(13-7-14-12)17-5-8(2)19-9(3)6-17/h7-9H,4-6H2,1-3H3. The van der Waals surface area contributed by atoms with Crippen molar-refractivity contribution in [2.45, 2.75) is 39.5 Å². The quantitative estimate of drug-likeness (QED) is 0.799. The zero-order valence-corrected chi connectivity index (χ0v) is 11.4. The summed E-state index contributed by atoms with van der Waals surface area (Å²) < 4.78 is 7.54. The maximum absolute atomic E-state index is 5.75. The summed E-state index contributed by atoms with van der Waals surface area (Å²) in [5.41, 5.74) is 1.56. The Bertz CT molecular complexity index is 573. The molecule has 3 rings (SSSR count). The third-order valence-corrected chi connectivity index (χ3v) is 3.30. The predicted molar refractivity (Wildman–Crippen MR) is 71.0 cm³/mol. The highest BCUT2D eigenvalue weighted by Gasteiger charge is 2.25. The number of aryl methyl sites for hydroxylation is 1. The number of nitrogens with zero attached hydrogens (tertiary/aromatic N) is 6. The second-order valence-corrected chi connectivity index (χ2v) is 4.94. The van der Waals surface area contributed by atoms with Gasteiger partial charge in [0, 0.05) is 19.6 Å². The first-order chi connectivity index (χ1) is 9.19. The lowest BCUT2D eigenvalue weighted by atomic mass is 10.2. The molecule has 0 radical (unpaired) electrons. The lowest BCUT2D eigenvalue weighted by Gasteiger charge is -2.35. The van der Waals surface area contributed by atoms with E-state index in [0.29, 0.717) is 0 Å². The number of rotatable bonds is 2. The Labute approximate surface area is 111 Å². The molecule has 2 atom stereocenters. The van der Waals surface area contributed by atoms with Gasteiger partial charge in [0.2, 0.25) is 0 Å². The zero-order valence-electron chi connectivity index (χ0n) is 11.4. The monoisotopic (exact) mass is 262 g/mol. The summed E-state index contributed by atoms with van der Waals surface area (Å²) in [5, 5.41) is 8.33. The number of hydrogen-bond donors (Lipinski definition) is 0. The molecule has 2 unspecified atom stereocenters. The van der Waals surface area contributed by atoms with Crippen LogP contribution in [0, 0.1) is 0 Å². The van der Waals surface area contributed by atoms with E-state index in [1.54, 1.807) is 11.0 Å². The molecule has 0 aliphatic carbocycles. The van der Waals surface area contributed by atoms with E-state index >= 15 is 0 Å². The molecule has 1 saturated heterocycles. The smallest absolute Gasteiger partial charge is 0.183 e. The van der Waals surface area contributed by atoms with Crippen molar-refractivity contribution in [1.82, 2.24) is 25.0 Å². The van der Waals surface area contributed by atoms with Gasteiger partial charge in [-0.3, -0.25) is 0 Å². The first kappa shape index (κ1) is 12.3. The molecule has 0 N–H and O–H groups in total. The molecule has 1 fully saturated rings. The molecule has 0 amide bonds. The molecule has 0 saturated carbocycles. The topological polar surface area (TPSA) is 69.0 Å². The van der Waals surface area contributed by atoms with Crippen LogP contribution in [0.4, 0.5) is 5.82 Å². The average Bonchev–Trinajstić information content (AvgIpc) is 2.80. The van der Waals surface area contributed by atoms with Crippen LogP contribution in [0.2, 0.25) is 0 Å². The highest BCUT2D eigenvalue weighted by molar-refractivity contribution is 5.82. The van der Waals surface area contributed by atoms with Gasteiger partial charge in [0.25, 0.3) is 0 Å². The van der Waals surface area contributed by atoms with Crippen molar-refractivity contribution >= 4 is 17.0 Å². The van der Waals surface area contributed by atoms with Crippen molar-refractivity contribution < 1.29 is 4.74 Å². The van der Waals surface area contributed by atoms with E-state index in [4.69, 9.17) is 4.74 Å². The number of anilines is 1. The van der Waals surface area contributed by atoms with Crippen LogP contribution in [0.1, 0.15) is 20.8 Å². The number of fused-ring (bicyclic) bond motifs is 1. The molecule has 19 heavy (non-hydrogen) atoms. The maximum atomic E-state index is 5.75. The molecular weight excluding hydrogens is 244 g/mol. The highest BCUT2D eigenvalue weighted by Crippen LogP contribution is 2.23. The second kappa shape index (κ2) is 4.73. The molecule has 7 heteroatoms. The van der Waals surface area contributed by atoms with Gasteiger partial charge in [0.15, 0.2) is 17.0 Å². The third-order valence-electron chi connectivity index (χ3n) is 3.30. The van der Waals surface area contributed by atoms with Crippen LogP contribution in [-0.4, -0.2) is 50.3 Å². The summed E-state index contributed by atoms with van der Waals surface area (Å²) in [5.74, 6) is 0.853. The summed E-state index contributed by atoms with van der Waals surface area (Å²) in [6.07, 6.45) is 1.96. The molecule has 0 bridgehead atoms. The summed E-state index contributed by atoms with van der Waals surface area (Å²) >= 11 is 0. The van der Waals surface area contributed by atoms with E-state index in [9.17, 15) is 0 Å². The summed E-state index contributed by atoms with van der Waals surface area (Å²) in [7, 11) is 0. The molecule has 0 spiro atoms. The summed E-state index contributed by atoms with van der Waals surface area (Å²) in [6, 6.07) is 0. The number of morpholine rings is 1. The normalized spacial score (nSPS) is 24.1. The Kier molecular flexibility index (Phi) is 3.06. The van der Waals surface area contributed by atoms with E-state index in [2.05, 4.69) is 39.0 Å². The van der Waals surface area contributed by atoms with Crippen LogP contribution in [-0.2, 0) is 11.3 Å². The van der Waals surface area contributed by atoms with Crippen LogP contribution in [0.15, 0.2) is 6.33 Å². The molecule has 2 aromatic heterocycles. The van der Waals surface area contributed by atoms with Gasteiger partial charge < -0.3 is 9.64 Å². The minimum absolute atomic E-state index is 0.190. The Morgan fingerprint density at radius 2 is 2.00 bits per heavy atom. The second-order valence-electron chi connectivity index (χ2n) is 4.94. The van der Waals surface area contributed by atoms with Gasteiger partial charge in [-0.15, -0.1) is 5.10 Å². The van der Waals surface area contributed by atoms with Crippen molar-refractivity contribution in [2.24, 2.45) is 0 Å². The Hall–Kier alpha value is -1.76. The molecule has 2 aromatic rings. The van der Waals surface area contributed by atoms with Gasteiger partial charge in [0.1, 0.15) is 6.33 Å². The molecular formula is C12H18N6O. The van der Waals surface area contributed by atoms with Crippen molar-refractivity contribution in [3.8, 4) is 0 Å². The predicted octanol–water partition coefficient (Wildman–Crippen LogP) is 0.855. The van der Waals surface area contributed by atoms with E-state index in [0.717, 1.165) is 36.6 Å². The van der Waals surface area contributed by atoms with Crippen LogP contribution in [0.5, 0.6) is 0 Å². The first-order valence-electron chi connectivity index (χ1n) is 6.63. The van der Waals surface area contributed by atoms with Gasteiger partial charge in [-0.05, 0) is 20.8 Å². The van der Waals surface area contributed by atoms with Crippen molar-refractivity contribution in [3.63, 3.8) is 0 Å². The first-order valence-corrected chi connectivity index (χ1v) is 6.63. The number of ether oxygens (including phenoxy) is 1. The van der Waals surface area contributed by atoms with E-state index in [1.165, 1.54) is 0 Å². The number of hydrogen-bond acceptors (Lipinski definition) is 6. The van der Waals surface area contributed by atoms with Gasteiger partial charge in [-0.1, -0.05) is 5.21 Å². The lowest BCUT2D eigenvalue weighted by molar-refractivity contribution is -0.00538. The molecule has 102 valence electrons. The minimum atomic E-state index is 0.190. The molecule has 1 aliphatic heterocycles. The van der Waals surface area contributed by atoms with E-state index in [1.807, 2.05) is 6.92 Å². The molecule has 1 aliphatic rings. The van der Waals surface area contributed by atoms with Crippen LogP contribution >= 0.6 is 0 Å². The van der Waals surface area contributed by atoms with Crippen LogP contribution < -0.4 is 4.90 Å². The molecule has 7 nitrogen and oxygen atoms in total. The van der Waals surface area contributed by atoms with Gasteiger partial charge in [-0.2, -0.15) is 0 Å². The van der Waals surface area contributed by atoms with Gasteiger partial charge in [0.05, 0.1) is 12.2 Å². The average molecular weight is 262 g/mol. The summed E-state index contributed by atoms with van der Waals surface area (Å²) in [4.78, 5) is 10.9. The van der Waals surface area contributed by atoms with Gasteiger partial charge >= 0.3 is 0 Å². The van der Waals surface area contributed by atoms with Crippen molar-refractivity contribution in [1.29, 1.82) is 0 Å². The zero-order chi connectivity index (χ0) is 13.4. The maximum Gasteiger partial charge on any atom is 0.183 e. The van der Waals surface area contributed by atoms with Crippen LogP contribution in [0.25, 0.3) is 11.2 Å². The largest absolute Gasteiger partial charge is 0.372 e. The lowest BCUT2D eigenvalue weighted by Crippen LogP contribution is -2.46. The SMILES string of the molecule is CCn1nnc2c(N3CC(C)OC(C)C3)ncnc21. The summed E-state index contributed by atoms with van der Waals surface area (Å²) in [6.45, 7) is 8.55. The van der Waals surface area contributed by atoms with Crippen molar-refractivity contribution in [2.75, 3.05) is 18.0 Å². The fraction of sp³-hybridized carbons (Fsp3) is 0.667. The third kappa shape index (κ3) is 2.14. The van der Waals surface area contributed by atoms with Gasteiger partial charge in [-0.25, -0.2) is 14.6 Å². The Balaban J connectivity index is 2.02. The van der Waals surface area contributed by atoms with Crippen molar-refractivity contribution in [3.05, 3.63) is 6.33 Å². The minimum Gasteiger partial charge on any atom is -0.372 e.